The van der Waals surface area contributed by atoms with Gasteiger partial charge >= 0.3 is 6.36 Å². The lowest BCUT2D eigenvalue weighted by molar-refractivity contribution is -0.274. The zero-order chi connectivity index (χ0) is 26.0. The minimum absolute atomic E-state index is 0.0143. The molecule has 0 bridgehead atoms. The second kappa shape index (κ2) is 9.68. The summed E-state index contributed by atoms with van der Waals surface area (Å²) in [4.78, 5) is 21.2. The Morgan fingerprint density at radius 2 is 1.67 bits per heavy atom. The molecule has 4 aromatic rings. The van der Waals surface area contributed by atoms with Crippen molar-refractivity contribution in [3.8, 4) is 23.2 Å². The molecule has 2 aromatic heterocycles. The van der Waals surface area contributed by atoms with Crippen LogP contribution in [0.1, 0.15) is 33.1 Å². The van der Waals surface area contributed by atoms with E-state index < -0.39 is 18.0 Å². The number of nitrogens with one attached hydrogen (secondary N) is 1. The van der Waals surface area contributed by atoms with Crippen LogP contribution in [-0.4, -0.2) is 32.0 Å². The van der Waals surface area contributed by atoms with Gasteiger partial charge in [0.25, 0.3) is 5.91 Å². The number of hydrogen-bond acceptors (Lipinski definition) is 6. The van der Waals surface area contributed by atoms with Gasteiger partial charge in [-0.05, 0) is 75.7 Å². The first-order chi connectivity index (χ1) is 17.0. The molecule has 2 heterocycles. The van der Waals surface area contributed by atoms with E-state index in [0.29, 0.717) is 29.0 Å². The molecule has 0 aliphatic carbocycles. The molecule has 0 aliphatic heterocycles. The Kier molecular flexibility index (Phi) is 6.65. The number of aromatic nitrogens is 4. The summed E-state index contributed by atoms with van der Waals surface area (Å²) in [7, 11) is 0. The van der Waals surface area contributed by atoms with Crippen LogP contribution in [0.25, 0.3) is 5.82 Å². The van der Waals surface area contributed by atoms with Crippen LogP contribution >= 0.6 is 0 Å². The van der Waals surface area contributed by atoms with Gasteiger partial charge in [-0.25, -0.2) is 9.67 Å². The highest BCUT2D eigenvalue weighted by atomic mass is 19.4. The standard InChI is InChI=1S/C25H22F3N5O3/c1-14-15(2)32-33(16(14)3)22-13-23(30-17(4)29-22)35-20-10-8-19(9-11-20)31-24(34)18-6-5-7-21(12-18)36-25(26,27)28/h5-13H,1-4H3,(H,31,34). The topological polar surface area (TPSA) is 91.2 Å². The average molecular weight is 497 g/mol. The monoisotopic (exact) mass is 497 g/mol. The van der Waals surface area contributed by atoms with E-state index in [9.17, 15) is 18.0 Å². The third-order valence-electron chi connectivity index (χ3n) is 5.34. The molecule has 11 heteroatoms. The Labute approximate surface area is 204 Å². The molecule has 1 amide bonds. The van der Waals surface area contributed by atoms with Crippen LogP contribution < -0.4 is 14.8 Å². The van der Waals surface area contributed by atoms with Gasteiger partial charge in [0.1, 0.15) is 17.3 Å². The molecule has 36 heavy (non-hydrogen) atoms. The lowest BCUT2D eigenvalue weighted by Gasteiger charge is -2.11. The van der Waals surface area contributed by atoms with Gasteiger partial charge in [0.2, 0.25) is 5.88 Å². The molecule has 0 aliphatic rings. The van der Waals surface area contributed by atoms with Crippen LogP contribution in [0.5, 0.6) is 17.4 Å². The lowest BCUT2D eigenvalue weighted by Crippen LogP contribution is -2.18. The van der Waals surface area contributed by atoms with Crippen LogP contribution in [0.15, 0.2) is 54.6 Å². The van der Waals surface area contributed by atoms with Gasteiger partial charge in [-0.3, -0.25) is 4.79 Å². The van der Waals surface area contributed by atoms with Crippen molar-refractivity contribution >= 4 is 11.6 Å². The molecule has 0 atom stereocenters. The summed E-state index contributed by atoms with van der Waals surface area (Å²) in [6.45, 7) is 7.63. The molecule has 0 saturated heterocycles. The number of hydrogen-bond donors (Lipinski definition) is 1. The highest BCUT2D eigenvalue weighted by Crippen LogP contribution is 2.26. The zero-order valence-electron chi connectivity index (χ0n) is 19.8. The van der Waals surface area contributed by atoms with Crippen molar-refractivity contribution in [1.82, 2.24) is 19.7 Å². The summed E-state index contributed by atoms with van der Waals surface area (Å²) in [6, 6.07) is 13.0. The van der Waals surface area contributed by atoms with E-state index in [1.165, 1.54) is 12.1 Å². The quantitative estimate of drug-likeness (QED) is 0.360. The highest BCUT2D eigenvalue weighted by molar-refractivity contribution is 6.04. The number of aryl methyl sites for hydroxylation is 2. The molecular formula is C25H22F3N5O3. The molecule has 1 N–H and O–H groups in total. The largest absolute Gasteiger partial charge is 0.573 e. The van der Waals surface area contributed by atoms with Crippen molar-refractivity contribution in [1.29, 1.82) is 0 Å². The van der Waals surface area contributed by atoms with Crippen molar-refractivity contribution in [2.45, 2.75) is 34.1 Å². The Bertz CT molecular complexity index is 1420. The number of anilines is 1. The number of ether oxygens (including phenoxy) is 2. The maximum absolute atomic E-state index is 12.5. The summed E-state index contributed by atoms with van der Waals surface area (Å²) in [5, 5.41) is 7.15. The van der Waals surface area contributed by atoms with Crippen molar-refractivity contribution in [2.24, 2.45) is 0 Å². The number of carbonyl (C=O) groups excluding carboxylic acids is 1. The fraction of sp³-hybridized carbons (Fsp3) is 0.200. The minimum atomic E-state index is -4.84. The predicted octanol–water partition coefficient (Wildman–Crippen LogP) is 5.84. The predicted molar refractivity (Wildman–Crippen MR) is 126 cm³/mol. The summed E-state index contributed by atoms with van der Waals surface area (Å²) >= 11 is 0. The molecule has 0 unspecified atom stereocenters. The van der Waals surface area contributed by atoms with E-state index in [4.69, 9.17) is 4.74 Å². The summed E-state index contributed by atoms with van der Waals surface area (Å²) in [5.41, 5.74) is 3.38. The summed E-state index contributed by atoms with van der Waals surface area (Å²) < 4.78 is 48.8. The van der Waals surface area contributed by atoms with Crippen molar-refractivity contribution in [3.63, 3.8) is 0 Å². The maximum Gasteiger partial charge on any atom is 0.573 e. The second-order valence-corrected chi connectivity index (χ2v) is 7.98. The van der Waals surface area contributed by atoms with E-state index in [2.05, 4.69) is 25.1 Å². The molecule has 4 rings (SSSR count). The summed E-state index contributed by atoms with van der Waals surface area (Å²) in [6.07, 6.45) is -4.84. The number of rotatable bonds is 6. The van der Waals surface area contributed by atoms with E-state index in [0.717, 1.165) is 29.1 Å². The Morgan fingerprint density at radius 3 is 2.31 bits per heavy atom. The van der Waals surface area contributed by atoms with Crippen molar-refractivity contribution < 1.29 is 27.4 Å². The van der Waals surface area contributed by atoms with E-state index in [1.807, 2.05) is 20.8 Å². The van der Waals surface area contributed by atoms with Crippen LogP contribution in [0.3, 0.4) is 0 Å². The highest BCUT2D eigenvalue weighted by Gasteiger charge is 2.31. The third-order valence-corrected chi connectivity index (χ3v) is 5.34. The van der Waals surface area contributed by atoms with Crippen LogP contribution in [0.2, 0.25) is 0 Å². The molecule has 186 valence electrons. The number of amides is 1. The van der Waals surface area contributed by atoms with E-state index in [1.54, 1.807) is 41.9 Å². The Morgan fingerprint density at radius 1 is 0.944 bits per heavy atom. The van der Waals surface area contributed by atoms with Crippen molar-refractivity contribution in [2.75, 3.05) is 5.32 Å². The molecular weight excluding hydrogens is 475 g/mol. The zero-order valence-corrected chi connectivity index (χ0v) is 19.8. The van der Waals surface area contributed by atoms with Gasteiger partial charge in [-0.15, -0.1) is 13.2 Å². The Hall–Kier alpha value is -4.41. The van der Waals surface area contributed by atoms with Gasteiger partial charge < -0.3 is 14.8 Å². The first-order valence-corrected chi connectivity index (χ1v) is 10.8. The van der Waals surface area contributed by atoms with E-state index >= 15 is 0 Å². The van der Waals surface area contributed by atoms with Crippen molar-refractivity contribution in [3.05, 3.63) is 82.9 Å². The van der Waals surface area contributed by atoms with Gasteiger partial charge in [-0.1, -0.05) is 6.07 Å². The normalized spacial score (nSPS) is 11.3. The number of alkyl halides is 3. The Balaban J connectivity index is 1.46. The molecule has 0 spiro atoms. The molecule has 0 saturated carbocycles. The van der Waals surface area contributed by atoms with E-state index in [-0.39, 0.29) is 5.56 Å². The first kappa shape index (κ1) is 24.7. The second-order valence-electron chi connectivity index (χ2n) is 7.98. The lowest BCUT2D eigenvalue weighted by atomic mass is 10.2. The molecule has 8 nitrogen and oxygen atoms in total. The maximum atomic E-state index is 12.5. The summed E-state index contributed by atoms with van der Waals surface area (Å²) in [5.74, 6) is 0.796. The van der Waals surface area contributed by atoms with Gasteiger partial charge in [0.15, 0.2) is 5.82 Å². The number of carbonyl (C=O) groups is 1. The first-order valence-electron chi connectivity index (χ1n) is 10.8. The molecule has 0 radical (unpaired) electrons. The fourth-order valence-electron chi connectivity index (χ4n) is 3.39. The number of halogens is 3. The smallest absolute Gasteiger partial charge is 0.439 e. The van der Waals surface area contributed by atoms with Crippen LogP contribution in [-0.2, 0) is 0 Å². The third kappa shape index (κ3) is 5.80. The molecule has 0 fully saturated rings. The van der Waals surface area contributed by atoms with Crippen LogP contribution in [0.4, 0.5) is 18.9 Å². The van der Waals surface area contributed by atoms with Gasteiger partial charge in [0.05, 0.1) is 5.69 Å². The minimum Gasteiger partial charge on any atom is -0.439 e. The average Bonchev–Trinajstić information content (AvgIpc) is 3.06. The SMILES string of the molecule is Cc1nc(Oc2ccc(NC(=O)c3cccc(OC(F)(F)F)c3)cc2)cc(-n2nc(C)c(C)c2C)n1. The molecule has 2 aromatic carbocycles. The van der Waals surface area contributed by atoms with Crippen LogP contribution in [0, 0.1) is 27.7 Å². The van der Waals surface area contributed by atoms with Gasteiger partial charge in [-0.2, -0.15) is 10.1 Å². The number of benzene rings is 2. The van der Waals surface area contributed by atoms with Gasteiger partial charge in [0, 0.05) is 23.0 Å². The fourth-order valence-corrected chi connectivity index (χ4v) is 3.39. The number of nitrogens with zero attached hydrogens (tertiary/aromatic N) is 4.